The Hall–Kier alpha value is -0.220. The van der Waals surface area contributed by atoms with E-state index in [2.05, 4.69) is 24.0 Å². The van der Waals surface area contributed by atoms with Gasteiger partial charge in [0.1, 0.15) is 5.54 Å². The summed E-state index contributed by atoms with van der Waals surface area (Å²) in [7, 11) is 0. The Kier molecular flexibility index (Phi) is 8.62. The Balaban J connectivity index is 2.31. The van der Waals surface area contributed by atoms with E-state index in [9.17, 15) is 9.90 Å². The van der Waals surface area contributed by atoms with Crippen molar-refractivity contribution in [3.8, 4) is 0 Å². The van der Waals surface area contributed by atoms with Gasteiger partial charge in [0.25, 0.3) is 0 Å². The molecule has 0 aromatic rings. The van der Waals surface area contributed by atoms with Crippen molar-refractivity contribution in [1.29, 1.82) is 0 Å². The lowest BCUT2D eigenvalue weighted by Crippen LogP contribution is -2.52. The Bertz CT molecular complexity index is 280. The average molecular weight is 301 g/mol. The highest BCUT2D eigenvalue weighted by Crippen LogP contribution is 2.29. The molecule has 1 aliphatic rings. The highest BCUT2D eigenvalue weighted by atomic mass is 32.2. The Labute approximate surface area is 128 Å². The van der Waals surface area contributed by atoms with E-state index in [1.54, 1.807) is 0 Å². The molecule has 118 valence electrons. The molecule has 0 radical (unpaired) electrons. The van der Waals surface area contributed by atoms with E-state index in [1.807, 2.05) is 6.92 Å². The van der Waals surface area contributed by atoms with Crippen LogP contribution in [0.15, 0.2) is 0 Å². The Morgan fingerprint density at radius 1 is 1.30 bits per heavy atom. The normalized spacial score (nSPS) is 19.7. The number of rotatable bonds is 10. The molecule has 3 nitrogen and oxygen atoms in total. The molecular weight excluding hydrogens is 270 g/mol. The maximum atomic E-state index is 11.6. The first-order valence-corrected chi connectivity index (χ1v) is 9.29. The van der Waals surface area contributed by atoms with Gasteiger partial charge in [-0.1, -0.05) is 33.1 Å². The molecule has 0 amide bonds. The summed E-state index contributed by atoms with van der Waals surface area (Å²) in [6, 6.07) is 0. The number of nitrogens with one attached hydrogen (secondary N) is 1. The second-order valence-electron chi connectivity index (χ2n) is 5.90. The second kappa shape index (κ2) is 9.67. The molecule has 1 rings (SSSR count). The van der Waals surface area contributed by atoms with Crippen molar-refractivity contribution < 1.29 is 9.90 Å². The van der Waals surface area contributed by atoms with Crippen LogP contribution < -0.4 is 5.32 Å². The SMILES string of the molecule is CCCNC(CC)(CCCSC1CCCCC1)C(=O)O. The van der Waals surface area contributed by atoms with Crippen LogP contribution in [0.1, 0.15) is 71.6 Å². The third-order valence-electron chi connectivity index (χ3n) is 4.38. The fourth-order valence-corrected chi connectivity index (χ4v) is 4.25. The fourth-order valence-electron chi connectivity index (χ4n) is 2.94. The first-order chi connectivity index (χ1) is 9.64. The van der Waals surface area contributed by atoms with Gasteiger partial charge in [-0.05, 0) is 50.8 Å². The molecule has 1 aliphatic carbocycles. The van der Waals surface area contributed by atoms with Crippen molar-refractivity contribution in [1.82, 2.24) is 5.32 Å². The van der Waals surface area contributed by atoms with Gasteiger partial charge >= 0.3 is 5.97 Å². The highest BCUT2D eigenvalue weighted by molar-refractivity contribution is 7.99. The van der Waals surface area contributed by atoms with Crippen LogP contribution in [0, 0.1) is 0 Å². The second-order valence-corrected chi connectivity index (χ2v) is 7.31. The molecule has 0 spiro atoms. The van der Waals surface area contributed by atoms with Gasteiger partial charge in [-0.2, -0.15) is 11.8 Å². The number of hydrogen-bond donors (Lipinski definition) is 2. The van der Waals surface area contributed by atoms with Crippen LogP contribution in [-0.2, 0) is 4.79 Å². The van der Waals surface area contributed by atoms with Crippen LogP contribution in [-0.4, -0.2) is 34.2 Å². The summed E-state index contributed by atoms with van der Waals surface area (Å²) in [5, 5.41) is 13.6. The number of thioether (sulfide) groups is 1. The number of carboxylic acid groups (broad SMARTS) is 1. The van der Waals surface area contributed by atoms with Gasteiger partial charge < -0.3 is 10.4 Å². The molecule has 1 unspecified atom stereocenters. The van der Waals surface area contributed by atoms with Crippen molar-refractivity contribution in [2.24, 2.45) is 0 Å². The van der Waals surface area contributed by atoms with Crippen LogP contribution in [0.5, 0.6) is 0 Å². The van der Waals surface area contributed by atoms with Crippen molar-refractivity contribution in [3.63, 3.8) is 0 Å². The zero-order valence-electron chi connectivity index (χ0n) is 13.1. The van der Waals surface area contributed by atoms with E-state index < -0.39 is 11.5 Å². The topological polar surface area (TPSA) is 49.3 Å². The largest absolute Gasteiger partial charge is 0.480 e. The minimum absolute atomic E-state index is 0.663. The lowest BCUT2D eigenvalue weighted by molar-refractivity contribution is -0.145. The monoisotopic (exact) mass is 301 g/mol. The van der Waals surface area contributed by atoms with E-state index >= 15 is 0 Å². The molecule has 0 bridgehead atoms. The first-order valence-electron chi connectivity index (χ1n) is 8.24. The Morgan fingerprint density at radius 3 is 2.55 bits per heavy atom. The third kappa shape index (κ3) is 5.65. The third-order valence-corrected chi connectivity index (χ3v) is 5.85. The minimum atomic E-state index is -0.705. The van der Waals surface area contributed by atoms with E-state index in [0.29, 0.717) is 6.42 Å². The van der Waals surface area contributed by atoms with E-state index in [-0.39, 0.29) is 0 Å². The van der Waals surface area contributed by atoms with Gasteiger partial charge in [-0.15, -0.1) is 0 Å². The quantitative estimate of drug-likeness (QED) is 0.597. The predicted octanol–water partition coefficient (Wildman–Crippen LogP) is 4.07. The Morgan fingerprint density at radius 2 is 2.00 bits per heavy atom. The van der Waals surface area contributed by atoms with Crippen molar-refractivity contribution in [2.45, 2.75) is 82.4 Å². The van der Waals surface area contributed by atoms with Crippen LogP contribution in [0.3, 0.4) is 0 Å². The molecule has 0 saturated heterocycles. The highest BCUT2D eigenvalue weighted by Gasteiger charge is 2.35. The molecule has 0 aromatic heterocycles. The van der Waals surface area contributed by atoms with Crippen molar-refractivity contribution >= 4 is 17.7 Å². The molecule has 0 aromatic carbocycles. The van der Waals surface area contributed by atoms with Gasteiger partial charge in [0.2, 0.25) is 0 Å². The maximum Gasteiger partial charge on any atom is 0.323 e. The summed E-state index contributed by atoms with van der Waals surface area (Å²) < 4.78 is 0. The van der Waals surface area contributed by atoms with E-state index in [4.69, 9.17) is 0 Å². The number of aliphatic carboxylic acids is 1. The van der Waals surface area contributed by atoms with Crippen molar-refractivity contribution in [2.75, 3.05) is 12.3 Å². The average Bonchev–Trinajstić information content (AvgIpc) is 2.47. The number of carbonyl (C=O) groups is 1. The number of carboxylic acids is 1. The summed E-state index contributed by atoms with van der Waals surface area (Å²) in [4.78, 5) is 11.6. The summed E-state index contributed by atoms with van der Waals surface area (Å²) in [6.07, 6.45) is 10.3. The molecule has 0 aliphatic heterocycles. The maximum absolute atomic E-state index is 11.6. The van der Waals surface area contributed by atoms with Crippen LogP contribution in [0.25, 0.3) is 0 Å². The van der Waals surface area contributed by atoms with Crippen LogP contribution in [0.2, 0.25) is 0 Å². The smallest absolute Gasteiger partial charge is 0.323 e. The van der Waals surface area contributed by atoms with Crippen LogP contribution >= 0.6 is 11.8 Å². The predicted molar refractivity (Wildman–Crippen MR) is 87.5 cm³/mol. The molecular formula is C16H31NO2S. The summed E-state index contributed by atoms with van der Waals surface area (Å²) in [5.41, 5.74) is -0.705. The molecule has 1 atom stereocenters. The lowest BCUT2D eigenvalue weighted by Gasteiger charge is -2.30. The van der Waals surface area contributed by atoms with Gasteiger partial charge in [-0.3, -0.25) is 4.79 Å². The molecule has 1 saturated carbocycles. The van der Waals surface area contributed by atoms with E-state index in [1.165, 1.54) is 32.1 Å². The van der Waals surface area contributed by atoms with Gasteiger partial charge in [-0.25, -0.2) is 0 Å². The van der Waals surface area contributed by atoms with Gasteiger partial charge in [0.05, 0.1) is 0 Å². The zero-order chi connectivity index (χ0) is 14.8. The van der Waals surface area contributed by atoms with Crippen LogP contribution in [0.4, 0.5) is 0 Å². The molecule has 20 heavy (non-hydrogen) atoms. The molecule has 4 heteroatoms. The van der Waals surface area contributed by atoms with E-state index in [0.717, 1.165) is 36.8 Å². The molecule has 0 heterocycles. The van der Waals surface area contributed by atoms with Crippen molar-refractivity contribution in [3.05, 3.63) is 0 Å². The first kappa shape index (κ1) is 17.8. The van der Waals surface area contributed by atoms with Gasteiger partial charge in [0.15, 0.2) is 0 Å². The lowest BCUT2D eigenvalue weighted by atomic mass is 9.90. The van der Waals surface area contributed by atoms with Gasteiger partial charge in [0, 0.05) is 5.25 Å². The minimum Gasteiger partial charge on any atom is -0.480 e. The summed E-state index contributed by atoms with van der Waals surface area (Å²) in [6.45, 7) is 4.84. The molecule has 2 N–H and O–H groups in total. The fraction of sp³-hybridized carbons (Fsp3) is 0.938. The zero-order valence-corrected chi connectivity index (χ0v) is 13.9. The number of hydrogen-bond acceptors (Lipinski definition) is 3. The summed E-state index contributed by atoms with van der Waals surface area (Å²) in [5.74, 6) is 0.421. The standard InChI is InChI=1S/C16H31NO2S/c1-3-12-17-16(4-2,15(18)19)11-8-13-20-14-9-6-5-7-10-14/h14,17H,3-13H2,1-2H3,(H,18,19). The molecule has 1 fully saturated rings. The summed E-state index contributed by atoms with van der Waals surface area (Å²) >= 11 is 2.06.